The summed E-state index contributed by atoms with van der Waals surface area (Å²) in [7, 11) is 20.1. The fourth-order valence-corrected chi connectivity index (χ4v) is 0. The molecule has 0 aliphatic rings. The third-order valence-electron chi connectivity index (χ3n) is 0. The van der Waals surface area contributed by atoms with E-state index in [1.165, 1.54) is 0 Å². The molecule has 0 rings (SSSR count). The molecule has 0 aliphatic carbocycles. The second-order valence-corrected chi connectivity index (χ2v) is 21.0. The van der Waals surface area contributed by atoms with Crippen LogP contribution in [0.2, 0.25) is 0 Å². The zero-order valence-electron chi connectivity index (χ0n) is 2.85. The van der Waals surface area contributed by atoms with Gasteiger partial charge in [-0.3, -0.25) is 0 Å². The average Bonchev–Trinajstić information content (AvgIpc) is 0.722. The van der Waals surface area contributed by atoms with Crippen LogP contribution in [0.5, 0.6) is 0 Å². The molecule has 0 atom stereocenters. The zero-order chi connectivity index (χ0) is 4.50. The molecule has 6 heteroatoms. The van der Waals surface area contributed by atoms with Crippen molar-refractivity contribution in [1.82, 2.24) is 0 Å². The first-order valence-corrected chi connectivity index (χ1v) is 12.4. The number of rotatable bonds is 0. The normalized spacial score (nSPS) is 12.7. The maximum Gasteiger partial charge on any atom is 0 e. The minimum atomic E-state index is -3.11. The first-order chi connectivity index (χ1) is 2.00. The Balaban J connectivity index is 0. The van der Waals surface area contributed by atoms with Gasteiger partial charge in [-0.25, -0.2) is 0 Å². The zero-order valence-corrected chi connectivity index (χ0v) is 10.3. The van der Waals surface area contributed by atoms with Crippen molar-refractivity contribution in [1.29, 1.82) is 0 Å². The molecule has 0 amide bonds. The molecule has 0 bridgehead atoms. The van der Waals surface area contributed by atoms with Gasteiger partial charge in [0.1, 0.15) is 0 Å². The van der Waals surface area contributed by atoms with E-state index in [-0.39, 0.29) is 29.6 Å². The summed E-state index contributed by atoms with van der Waals surface area (Å²) in [6.45, 7) is 0. The van der Waals surface area contributed by atoms with Crippen molar-refractivity contribution in [2.45, 2.75) is 0 Å². The Morgan fingerprint density at radius 2 is 0.833 bits per heavy atom. The Bertz CT molecular complexity index is 23.0. The summed E-state index contributed by atoms with van der Waals surface area (Å²) in [6, 6.07) is 0. The molecule has 0 nitrogen and oxygen atoms in total. The largest absolute Gasteiger partial charge is 0 e. The topological polar surface area (TPSA) is 0 Å². The maximum absolute atomic E-state index is 5.01. The summed E-state index contributed by atoms with van der Waals surface area (Å²) in [5.74, 6) is 0. The summed E-state index contributed by atoms with van der Waals surface area (Å²) < 4.78 is 0. The molecule has 0 N–H and O–H groups in total. The van der Waals surface area contributed by atoms with Crippen LogP contribution in [-0.2, 0) is 11.2 Å². The molecule has 0 saturated heterocycles. The van der Waals surface area contributed by atoms with E-state index in [2.05, 4.69) is 0 Å². The van der Waals surface area contributed by atoms with Gasteiger partial charge in [0.25, 0.3) is 0 Å². The SMILES string of the molecule is [Cl][Ir]([Cl])([Cl])[Cl].[Na]. The van der Waals surface area contributed by atoms with Gasteiger partial charge < -0.3 is 0 Å². The van der Waals surface area contributed by atoms with Gasteiger partial charge in [0.2, 0.25) is 0 Å². The Kier molecular flexibility index (Phi) is 9.01. The predicted molar refractivity (Wildman–Crippen MR) is 29.2 cm³/mol. The van der Waals surface area contributed by atoms with Gasteiger partial charge in [0, 0.05) is 29.6 Å². The fourth-order valence-electron chi connectivity index (χ4n) is 0. The number of halogens is 4. The van der Waals surface area contributed by atoms with Gasteiger partial charge in [-0.05, 0) is 0 Å². The molecule has 0 heterocycles. The van der Waals surface area contributed by atoms with E-state index in [0.29, 0.717) is 0 Å². The van der Waals surface area contributed by atoms with Crippen LogP contribution >= 0.6 is 38.3 Å². The third kappa shape index (κ3) is 29.1. The van der Waals surface area contributed by atoms with E-state index in [0.717, 1.165) is 0 Å². The summed E-state index contributed by atoms with van der Waals surface area (Å²) in [5, 5.41) is 0. The van der Waals surface area contributed by atoms with Crippen LogP contribution in [0.15, 0.2) is 0 Å². The van der Waals surface area contributed by atoms with E-state index in [1.807, 2.05) is 0 Å². The van der Waals surface area contributed by atoms with E-state index in [9.17, 15) is 0 Å². The first-order valence-electron chi connectivity index (χ1n) is 0.504. The molecule has 0 unspecified atom stereocenters. The molecule has 1 radical (unpaired) electrons. The second-order valence-electron chi connectivity index (χ2n) is 0.286. The molecule has 0 fully saturated rings. The second kappa shape index (κ2) is 4.67. The smallest absolute Gasteiger partial charge is 0 e. The van der Waals surface area contributed by atoms with Crippen molar-refractivity contribution in [3.05, 3.63) is 0 Å². The van der Waals surface area contributed by atoms with Gasteiger partial charge in [0.05, 0.1) is 0 Å². The Hall–Kier alpha value is 2.81. The van der Waals surface area contributed by atoms with Crippen molar-refractivity contribution in [2.75, 3.05) is 0 Å². The minimum Gasteiger partial charge on any atom is 0 e. The molecular formula is Cl4IrNa. The molecule has 0 aromatic heterocycles. The molecule has 0 aliphatic heterocycles. The quantitative estimate of drug-likeness (QED) is 0.584. The number of hydrogen-bond donors (Lipinski definition) is 0. The summed E-state index contributed by atoms with van der Waals surface area (Å²) in [6.07, 6.45) is 0. The Labute approximate surface area is 77.7 Å². The van der Waals surface area contributed by atoms with E-state index < -0.39 is 11.2 Å². The van der Waals surface area contributed by atoms with Gasteiger partial charge >= 0.3 is 49.6 Å². The van der Waals surface area contributed by atoms with Crippen LogP contribution in [0, 0.1) is 0 Å². The fraction of sp³-hybridized carbons (Fsp3) is 0. The summed E-state index contributed by atoms with van der Waals surface area (Å²) in [5.41, 5.74) is 0. The van der Waals surface area contributed by atoms with Gasteiger partial charge in [-0.1, -0.05) is 0 Å². The minimum absolute atomic E-state index is 0. The monoisotopic (exact) mass is 356 g/mol. The van der Waals surface area contributed by atoms with Crippen molar-refractivity contribution < 1.29 is 11.2 Å². The van der Waals surface area contributed by atoms with E-state index >= 15 is 0 Å². The maximum atomic E-state index is 5.01. The molecule has 0 saturated carbocycles. The van der Waals surface area contributed by atoms with E-state index in [1.54, 1.807) is 0 Å². The third-order valence-corrected chi connectivity index (χ3v) is 0. The molecule has 0 aromatic rings. The Morgan fingerprint density at radius 3 is 0.833 bits per heavy atom. The van der Waals surface area contributed by atoms with Crippen LogP contribution in [0.1, 0.15) is 0 Å². The average molecular weight is 357 g/mol. The van der Waals surface area contributed by atoms with Crippen molar-refractivity contribution in [3.8, 4) is 0 Å². The summed E-state index contributed by atoms with van der Waals surface area (Å²) >= 11 is -3.11. The van der Waals surface area contributed by atoms with Crippen LogP contribution in [0.4, 0.5) is 0 Å². The predicted octanol–water partition coefficient (Wildman–Crippen LogP) is 2.37. The molecule has 6 heavy (non-hydrogen) atoms. The first kappa shape index (κ1) is 11.6. The molecular weight excluding hydrogens is 357 g/mol. The van der Waals surface area contributed by atoms with Crippen molar-refractivity contribution >= 4 is 67.9 Å². The van der Waals surface area contributed by atoms with Gasteiger partial charge in [0.15, 0.2) is 0 Å². The van der Waals surface area contributed by atoms with E-state index in [4.69, 9.17) is 38.3 Å². The number of hydrogen-bond acceptors (Lipinski definition) is 0. The van der Waals surface area contributed by atoms with Gasteiger partial charge in [-0.15, -0.1) is 0 Å². The Morgan fingerprint density at radius 1 is 0.833 bits per heavy atom. The van der Waals surface area contributed by atoms with Crippen LogP contribution < -0.4 is 0 Å². The van der Waals surface area contributed by atoms with Crippen LogP contribution in [0.3, 0.4) is 0 Å². The summed E-state index contributed by atoms with van der Waals surface area (Å²) in [4.78, 5) is 0. The molecule has 0 spiro atoms. The standard InChI is InChI=1S/4ClH.Ir.Na/h4*1H;;/q;;;;+4;/p-4. The van der Waals surface area contributed by atoms with Crippen LogP contribution in [-0.4, -0.2) is 29.6 Å². The van der Waals surface area contributed by atoms with Gasteiger partial charge in [-0.2, -0.15) is 0 Å². The molecule has 38 valence electrons. The van der Waals surface area contributed by atoms with Crippen LogP contribution in [0.25, 0.3) is 0 Å². The van der Waals surface area contributed by atoms with Crippen molar-refractivity contribution in [3.63, 3.8) is 0 Å². The van der Waals surface area contributed by atoms with Crippen molar-refractivity contribution in [2.24, 2.45) is 0 Å². The molecule has 0 aromatic carbocycles.